The largest absolute Gasteiger partial charge is 0.481 e. The minimum atomic E-state index is -0.651. The maximum Gasteiger partial charge on any atom is 0.306 e. The van der Waals surface area contributed by atoms with Crippen LogP contribution in [0.3, 0.4) is 0 Å². The fourth-order valence-electron chi connectivity index (χ4n) is 2.44. The molecular formula is C12H18N2O2S. The third-order valence-corrected chi connectivity index (χ3v) is 4.35. The molecule has 1 saturated carbocycles. The second kappa shape index (κ2) is 5.60. The number of aliphatic carboxylic acids is 1. The summed E-state index contributed by atoms with van der Waals surface area (Å²) >= 11 is 1.64. The first-order valence-corrected chi connectivity index (χ1v) is 6.92. The molecule has 0 radical (unpaired) electrons. The summed E-state index contributed by atoms with van der Waals surface area (Å²) in [5.74, 6) is -0.822. The maximum atomic E-state index is 11.0. The lowest BCUT2D eigenvalue weighted by Crippen LogP contribution is -2.37. The van der Waals surface area contributed by atoms with Gasteiger partial charge in [0.1, 0.15) is 0 Å². The van der Waals surface area contributed by atoms with Crippen LogP contribution < -0.4 is 5.32 Å². The van der Waals surface area contributed by atoms with E-state index in [0.717, 1.165) is 25.7 Å². The minimum Gasteiger partial charge on any atom is -0.481 e. The maximum absolute atomic E-state index is 11.0. The van der Waals surface area contributed by atoms with Crippen LogP contribution in [-0.2, 0) is 4.79 Å². The summed E-state index contributed by atoms with van der Waals surface area (Å²) in [5, 5.41) is 12.6. The normalized spacial score (nSPS) is 26.6. The highest BCUT2D eigenvalue weighted by Gasteiger charge is 2.27. The molecular weight excluding hydrogens is 236 g/mol. The van der Waals surface area contributed by atoms with E-state index in [1.165, 1.54) is 4.88 Å². The molecule has 3 unspecified atom stereocenters. The molecule has 17 heavy (non-hydrogen) atoms. The highest BCUT2D eigenvalue weighted by atomic mass is 32.1. The Morgan fingerprint density at radius 2 is 2.47 bits per heavy atom. The number of carboxylic acid groups (broad SMARTS) is 1. The van der Waals surface area contributed by atoms with E-state index in [-0.39, 0.29) is 12.0 Å². The number of carboxylic acids is 1. The summed E-state index contributed by atoms with van der Waals surface area (Å²) in [6, 6.07) is 0.585. The Balaban J connectivity index is 1.88. The number of nitrogens with one attached hydrogen (secondary N) is 1. The first-order chi connectivity index (χ1) is 8.16. The zero-order valence-electron chi connectivity index (χ0n) is 9.93. The SMILES string of the molecule is CC(NC1CCCC(C(=O)O)C1)c1cncs1. The van der Waals surface area contributed by atoms with Crippen LogP contribution in [0.25, 0.3) is 0 Å². The lowest BCUT2D eigenvalue weighted by atomic mass is 9.85. The van der Waals surface area contributed by atoms with E-state index in [9.17, 15) is 4.79 Å². The van der Waals surface area contributed by atoms with Gasteiger partial charge < -0.3 is 10.4 Å². The van der Waals surface area contributed by atoms with Gasteiger partial charge >= 0.3 is 5.97 Å². The molecule has 0 bridgehead atoms. The summed E-state index contributed by atoms with van der Waals surface area (Å²) in [6.45, 7) is 2.11. The molecule has 0 amide bonds. The average molecular weight is 254 g/mol. The van der Waals surface area contributed by atoms with Gasteiger partial charge in [-0.05, 0) is 26.2 Å². The summed E-state index contributed by atoms with van der Waals surface area (Å²) in [7, 11) is 0. The molecule has 2 N–H and O–H groups in total. The van der Waals surface area contributed by atoms with Gasteiger partial charge in [0.05, 0.1) is 11.4 Å². The highest BCUT2D eigenvalue weighted by molar-refractivity contribution is 7.09. The van der Waals surface area contributed by atoms with Crippen LogP contribution >= 0.6 is 11.3 Å². The van der Waals surface area contributed by atoms with E-state index in [0.29, 0.717) is 6.04 Å². The number of hydrogen-bond donors (Lipinski definition) is 2. The molecule has 1 aliphatic rings. The Hall–Kier alpha value is -0.940. The molecule has 0 aliphatic heterocycles. The first kappa shape index (κ1) is 12.5. The van der Waals surface area contributed by atoms with Crippen LogP contribution in [0.1, 0.15) is 43.5 Å². The molecule has 0 spiro atoms. The molecule has 1 aromatic heterocycles. The van der Waals surface area contributed by atoms with Gasteiger partial charge in [0.2, 0.25) is 0 Å². The molecule has 4 nitrogen and oxygen atoms in total. The predicted molar refractivity (Wildman–Crippen MR) is 67.0 cm³/mol. The van der Waals surface area contributed by atoms with Gasteiger partial charge in [0.25, 0.3) is 0 Å². The third-order valence-electron chi connectivity index (χ3n) is 3.39. The van der Waals surface area contributed by atoms with Crippen molar-refractivity contribution in [1.29, 1.82) is 0 Å². The van der Waals surface area contributed by atoms with E-state index >= 15 is 0 Å². The van der Waals surface area contributed by atoms with Gasteiger partial charge in [0, 0.05) is 23.2 Å². The number of hydrogen-bond acceptors (Lipinski definition) is 4. The number of thiazole rings is 1. The lowest BCUT2D eigenvalue weighted by Gasteiger charge is -2.29. The summed E-state index contributed by atoms with van der Waals surface area (Å²) in [4.78, 5) is 16.3. The van der Waals surface area contributed by atoms with Crippen molar-refractivity contribution in [2.75, 3.05) is 0 Å². The number of aromatic nitrogens is 1. The fourth-order valence-corrected chi connectivity index (χ4v) is 3.08. The Kier molecular flexibility index (Phi) is 4.12. The van der Waals surface area contributed by atoms with E-state index in [1.54, 1.807) is 11.3 Å². The van der Waals surface area contributed by atoms with Gasteiger partial charge in [-0.3, -0.25) is 9.78 Å². The highest BCUT2D eigenvalue weighted by Crippen LogP contribution is 2.27. The molecule has 1 aromatic rings. The molecule has 1 fully saturated rings. The van der Waals surface area contributed by atoms with E-state index in [1.807, 2.05) is 11.7 Å². The van der Waals surface area contributed by atoms with Crippen LogP contribution in [0.15, 0.2) is 11.7 Å². The van der Waals surface area contributed by atoms with Crippen molar-refractivity contribution in [2.24, 2.45) is 5.92 Å². The average Bonchev–Trinajstić information content (AvgIpc) is 2.82. The predicted octanol–water partition coefficient (Wildman–Crippen LogP) is 2.44. The number of nitrogens with zero attached hydrogens (tertiary/aromatic N) is 1. The molecule has 2 rings (SSSR count). The van der Waals surface area contributed by atoms with Gasteiger partial charge in [-0.1, -0.05) is 6.42 Å². The Morgan fingerprint density at radius 3 is 3.12 bits per heavy atom. The van der Waals surface area contributed by atoms with Crippen LogP contribution in [0, 0.1) is 5.92 Å². The van der Waals surface area contributed by atoms with Crippen molar-refractivity contribution in [3.8, 4) is 0 Å². The summed E-state index contributed by atoms with van der Waals surface area (Å²) in [5.41, 5.74) is 1.83. The Bertz CT molecular complexity index is 367. The minimum absolute atomic E-state index is 0.171. The molecule has 1 aliphatic carbocycles. The second-order valence-electron chi connectivity index (χ2n) is 4.69. The van der Waals surface area contributed by atoms with Crippen molar-refractivity contribution in [2.45, 2.75) is 44.7 Å². The smallest absolute Gasteiger partial charge is 0.306 e. The van der Waals surface area contributed by atoms with Crippen LogP contribution in [-0.4, -0.2) is 22.1 Å². The van der Waals surface area contributed by atoms with Crippen molar-refractivity contribution in [3.63, 3.8) is 0 Å². The Labute approximate surface area is 105 Å². The molecule has 94 valence electrons. The monoisotopic (exact) mass is 254 g/mol. The zero-order valence-corrected chi connectivity index (χ0v) is 10.7. The molecule has 1 heterocycles. The standard InChI is InChI=1S/C12H18N2O2S/c1-8(11-6-13-7-17-11)14-10-4-2-3-9(5-10)12(15)16/h6-10,14H,2-5H2,1H3,(H,15,16). The molecule has 5 heteroatoms. The van der Waals surface area contributed by atoms with Gasteiger partial charge in [-0.25, -0.2) is 0 Å². The van der Waals surface area contributed by atoms with Gasteiger partial charge in [-0.2, -0.15) is 0 Å². The second-order valence-corrected chi connectivity index (χ2v) is 5.61. The lowest BCUT2D eigenvalue weighted by molar-refractivity contribution is -0.143. The number of carbonyl (C=O) groups is 1. The summed E-state index contributed by atoms with van der Waals surface area (Å²) < 4.78 is 0. The molecule has 0 saturated heterocycles. The van der Waals surface area contributed by atoms with Crippen molar-refractivity contribution < 1.29 is 9.90 Å². The summed E-state index contributed by atoms with van der Waals surface area (Å²) in [6.07, 6.45) is 5.53. The number of rotatable bonds is 4. The Morgan fingerprint density at radius 1 is 1.65 bits per heavy atom. The van der Waals surface area contributed by atoms with E-state index in [2.05, 4.69) is 17.2 Å². The molecule has 3 atom stereocenters. The zero-order chi connectivity index (χ0) is 12.3. The van der Waals surface area contributed by atoms with E-state index in [4.69, 9.17) is 5.11 Å². The van der Waals surface area contributed by atoms with Crippen LogP contribution in [0.2, 0.25) is 0 Å². The van der Waals surface area contributed by atoms with Crippen molar-refractivity contribution in [1.82, 2.24) is 10.3 Å². The quantitative estimate of drug-likeness (QED) is 0.866. The van der Waals surface area contributed by atoms with E-state index < -0.39 is 5.97 Å². The third kappa shape index (κ3) is 3.26. The van der Waals surface area contributed by atoms with Gasteiger partial charge in [0.15, 0.2) is 0 Å². The van der Waals surface area contributed by atoms with Crippen molar-refractivity contribution in [3.05, 3.63) is 16.6 Å². The van der Waals surface area contributed by atoms with Crippen LogP contribution in [0.5, 0.6) is 0 Å². The molecule has 0 aromatic carbocycles. The first-order valence-electron chi connectivity index (χ1n) is 6.04. The van der Waals surface area contributed by atoms with Gasteiger partial charge in [-0.15, -0.1) is 11.3 Å². The van der Waals surface area contributed by atoms with Crippen molar-refractivity contribution >= 4 is 17.3 Å². The topological polar surface area (TPSA) is 62.2 Å². The fraction of sp³-hybridized carbons (Fsp3) is 0.667. The van der Waals surface area contributed by atoms with Crippen LogP contribution in [0.4, 0.5) is 0 Å².